The molecule has 0 saturated carbocycles. The first kappa shape index (κ1) is 38.4. The van der Waals surface area contributed by atoms with Gasteiger partial charge in [-0.15, -0.1) is 0 Å². The van der Waals surface area contributed by atoms with Crippen LogP contribution in [0.25, 0.3) is 21.8 Å². The van der Waals surface area contributed by atoms with Crippen molar-refractivity contribution < 1.29 is 23.9 Å². The summed E-state index contributed by atoms with van der Waals surface area (Å²) in [6, 6.07) is 15.8. The van der Waals surface area contributed by atoms with Crippen molar-refractivity contribution in [1.29, 1.82) is 0 Å². The summed E-state index contributed by atoms with van der Waals surface area (Å²) in [5.41, 5.74) is 9.77. The Bertz CT molecular complexity index is 1690. The van der Waals surface area contributed by atoms with E-state index in [1.807, 2.05) is 60.9 Å². The Kier molecular flexibility index (Phi) is 15.6. The minimum Gasteiger partial charge on any atom is -0.383 e. The van der Waals surface area contributed by atoms with Crippen LogP contribution in [0.4, 0.5) is 0 Å². The van der Waals surface area contributed by atoms with Gasteiger partial charge in [0, 0.05) is 79.8 Å². The molecule has 0 fully saturated rings. The van der Waals surface area contributed by atoms with Gasteiger partial charge in [-0.05, 0) is 49.1 Å². The first-order valence-corrected chi connectivity index (χ1v) is 17.7. The Morgan fingerprint density at radius 2 is 1.30 bits per heavy atom. The molecule has 2 aromatic heterocycles. The molecular weight excluding hydrogens is 657 g/mol. The molecule has 0 bridgehead atoms. The SMILES string of the molecule is COCCNCC(=O)N(CCc1c[nH]c2ccccc12)CC(=O)N(CCc1c[nH]c2ccccc12)CC(=O)N(CCCN)CC(=O)NCCS. The number of hydrogen-bond donors (Lipinski definition) is 6. The maximum Gasteiger partial charge on any atom is 0.242 e. The topological polar surface area (TPSA) is 169 Å². The highest BCUT2D eigenvalue weighted by atomic mass is 32.1. The smallest absolute Gasteiger partial charge is 0.242 e. The van der Waals surface area contributed by atoms with Crippen molar-refractivity contribution in [2.24, 2.45) is 5.73 Å². The van der Waals surface area contributed by atoms with Gasteiger partial charge in [0.05, 0.1) is 32.8 Å². The number of rotatable bonds is 22. The zero-order chi connectivity index (χ0) is 35.7. The molecule has 0 radical (unpaired) electrons. The molecule has 14 heteroatoms. The number of nitrogens with zero attached hydrogens (tertiary/aromatic N) is 3. The lowest BCUT2D eigenvalue weighted by molar-refractivity contribution is -0.144. The van der Waals surface area contributed by atoms with Crippen LogP contribution >= 0.6 is 12.6 Å². The summed E-state index contributed by atoms with van der Waals surface area (Å²) in [6.07, 6.45) is 5.36. The van der Waals surface area contributed by atoms with Crippen LogP contribution in [0.5, 0.6) is 0 Å². The van der Waals surface area contributed by atoms with E-state index in [0.717, 1.165) is 32.9 Å². The second-order valence-corrected chi connectivity index (χ2v) is 12.5. The van der Waals surface area contributed by atoms with Crippen LogP contribution in [0.1, 0.15) is 17.5 Å². The number of benzene rings is 2. The molecule has 4 aromatic rings. The quantitative estimate of drug-likeness (QED) is 0.0533. The minimum absolute atomic E-state index is 0.0348. The van der Waals surface area contributed by atoms with Gasteiger partial charge in [-0.2, -0.15) is 12.6 Å². The Morgan fingerprint density at radius 1 is 0.760 bits per heavy atom. The van der Waals surface area contributed by atoms with Crippen LogP contribution in [0, 0.1) is 0 Å². The number of carbonyl (C=O) groups is 4. The maximum absolute atomic E-state index is 14.2. The van der Waals surface area contributed by atoms with Crippen LogP contribution in [-0.4, -0.2) is 133 Å². The highest BCUT2D eigenvalue weighted by Gasteiger charge is 2.26. The largest absolute Gasteiger partial charge is 0.383 e. The van der Waals surface area contributed by atoms with Gasteiger partial charge < -0.3 is 45.8 Å². The predicted octanol–water partition coefficient (Wildman–Crippen LogP) is 1.55. The van der Waals surface area contributed by atoms with E-state index in [-0.39, 0.29) is 62.9 Å². The number of fused-ring (bicyclic) bond motifs is 2. The summed E-state index contributed by atoms with van der Waals surface area (Å²) < 4.78 is 5.10. The molecule has 4 rings (SSSR count). The summed E-state index contributed by atoms with van der Waals surface area (Å²) in [6.45, 7) is 1.88. The Hall–Kier alpha value is -4.37. The van der Waals surface area contributed by atoms with Crippen molar-refractivity contribution in [2.75, 3.05) is 84.9 Å². The number of methoxy groups -OCH3 is 1. The molecule has 0 unspecified atom stereocenters. The molecule has 0 aliphatic heterocycles. The highest BCUT2D eigenvalue weighted by Crippen LogP contribution is 2.20. The van der Waals surface area contributed by atoms with Gasteiger partial charge in [-0.25, -0.2) is 0 Å². The van der Waals surface area contributed by atoms with Crippen LogP contribution in [0.15, 0.2) is 60.9 Å². The Labute approximate surface area is 298 Å². The van der Waals surface area contributed by atoms with E-state index >= 15 is 0 Å². The van der Waals surface area contributed by atoms with E-state index in [1.165, 1.54) is 9.80 Å². The molecule has 0 atom stereocenters. The third kappa shape index (κ3) is 11.3. The van der Waals surface area contributed by atoms with E-state index in [1.54, 1.807) is 12.0 Å². The lowest BCUT2D eigenvalue weighted by atomic mass is 10.1. The fourth-order valence-corrected chi connectivity index (χ4v) is 5.89. The van der Waals surface area contributed by atoms with Gasteiger partial charge in [-0.1, -0.05) is 36.4 Å². The van der Waals surface area contributed by atoms with Crippen molar-refractivity contribution >= 4 is 58.1 Å². The number of hydrogen-bond acceptors (Lipinski definition) is 8. The fraction of sp³-hybridized carbons (Fsp3) is 0.444. The van der Waals surface area contributed by atoms with E-state index in [0.29, 0.717) is 57.8 Å². The monoisotopic (exact) mass is 706 g/mol. The number of para-hydroxylation sites is 2. The van der Waals surface area contributed by atoms with E-state index in [2.05, 4.69) is 33.2 Å². The van der Waals surface area contributed by atoms with E-state index in [4.69, 9.17) is 10.5 Å². The molecule has 2 aromatic carbocycles. The number of nitrogens with one attached hydrogen (secondary N) is 4. The summed E-state index contributed by atoms with van der Waals surface area (Å²) in [7, 11) is 1.59. The zero-order valence-corrected chi connectivity index (χ0v) is 29.7. The van der Waals surface area contributed by atoms with Crippen molar-refractivity contribution in [3.63, 3.8) is 0 Å². The third-order valence-corrected chi connectivity index (χ3v) is 8.75. The Morgan fingerprint density at radius 3 is 1.84 bits per heavy atom. The predicted molar refractivity (Wildman–Crippen MR) is 199 cm³/mol. The number of thiol groups is 1. The number of amides is 4. The molecular formula is C36H50N8O5S. The van der Waals surface area contributed by atoms with Gasteiger partial charge >= 0.3 is 0 Å². The zero-order valence-electron chi connectivity index (χ0n) is 28.8. The number of H-pyrrole nitrogens is 2. The number of aromatic nitrogens is 2. The maximum atomic E-state index is 14.2. The number of aromatic amines is 2. The van der Waals surface area contributed by atoms with E-state index in [9.17, 15) is 19.2 Å². The summed E-state index contributed by atoms with van der Waals surface area (Å²) >= 11 is 4.14. The van der Waals surface area contributed by atoms with Gasteiger partial charge in [0.15, 0.2) is 0 Å². The van der Waals surface area contributed by atoms with Crippen LogP contribution < -0.4 is 16.4 Å². The average Bonchev–Trinajstić information content (AvgIpc) is 3.74. The van der Waals surface area contributed by atoms with E-state index < -0.39 is 0 Å². The Balaban J connectivity index is 1.54. The summed E-state index contributed by atoms with van der Waals surface area (Å²) in [5.74, 6) is -0.806. The lowest BCUT2D eigenvalue weighted by Crippen LogP contribution is -2.51. The molecule has 50 heavy (non-hydrogen) atoms. The third-order valence-electron chi connectivity index (χ3n) is 8.52. The molecule has 0 aliphatic carbocycles. The fourth-order valence-electron chi connectivity index (χ4n) is 5.78. The molecule has 0 aliphatic rings. The lowest BCUT2D eigenvalue weighted by Gasteiger charge is -2.30. The van der Waals surface area contributed by atoms with Gasteiger partial charge in [0.1, 0.15) is 0 Å². The van der Waals surface area contributed by atoms with Crippen molar-refractivity contribution in [3.8, 4) is 0 Å². The van der Waals surface area contributed by atoms with Gasteiger partial charge in [-0.3, -0.25) is 19.2 Å². The minimum atomic E-state index is -0.371. The second-order valence-electron chi connectivity index (χ2n) is 12.1. The highest BCUT2D eigenvalue weighted by molar-refractivity contribution is 7.80. The van der Waals surface area contributed by atoms with Crippen LogP contribution in [0.3, 0.4) is 0 Å². The molecule has 6 N–H and O–H groups in total. The van der Waals surface area contributed by atoms with Crippen LogP contribution in [-0.2, 0) is 36.8 Å². The summed E-state index contributed by atoms with van der Waals surface area (Å²) in [5, 5.41) is 7.93. The summed E-state index contributed by atoms with van der Waals surface area (Å²) in [4.78, 5) is 65.1. The van der Waals surface area contributed by atoms with Crippen molar-refractivity contribution in [2.45, 2.75) is 19.3 Å². The first-order valence-electron chi connectivity index (χ1n) is 17.0. The molecule has 0 spiro atoms. The second kappa shape index (κ2) is 20.3. The normalized spacial score (nSPS) is 11.2. The number of ether oxygens (including phenoxy) is 1. The van der Waals surface area contributed by atoms with Crippen molar-refractivity contribution in [1.82, 2.24) is 35.3 Å². The van der Waals surface area contributed by atoms with Crippen LogP contribution in [0.2, 0.25) is 0 Å². The number of carbonyl (C=O) groups excluding carboxylic acids is 4. The standard InChI is InChI=1S/C36H50N8O5S/c1-49-19-14-38-23-34(46)43(17-11-27-21-40-31-9-4-2-7-29(27)31)25-36(48)44(18-12-28-22-41-32-10-5-3-8-30(28)32)26-35(47)42(16-6-13-37)24-33(45)39-15-20-50/h2-5,7-10,21-22,38,40-41,50H,6,11-20,23-26,37H2,1H3,(H,39,45). The molecule has 4 amide bonds. The van der Waals surface area contributed by atoms with Crippen molar-refractivity contribution in [3.05, 3.63) is 72.1 Å². The first-order chi connectivity index (χ1) is 24.3. The average molecular weight is 707 g/mol. The number of nitrogens with two attached hydrogens (primary N) is 1. The molecule has 2 heterocycles. The molecule has 270 valence electrons. The molecule has 0 saturated heterocycles. The molecule has 13 nitrogen and oxygen atoms in total. The van der Waals surface area contributed by atoms with Gasteiger partial charge in [0.25, 0.3) is 0 Å². The van der Waals surface area contributed by atoms with Gasteiger partial charge in [0.2, 0.25) is 23.6 Å².